The molecule has 2 nitrogen and oxygen atoms in total. The van der Waals surface area contributed by atoms with Crippen LogP contribution < -0.4 is 5.32 Å². The Morgan fingerprint density at radius 2 is 2.21 bits per heavy atom. The lowest BCUT2D eigenvalue weighted by Gasteiger charge is -2.54. The number of hydrogen-bond donors (Lipinski definition) is 1. The third-order valence-electron chi connectivity index (χ3n) is 4.37. The van der Waals surface area contributed by atoms with Crippen molar-refractivity contribution >= 4 is 21.6 Å². The minimum absolute atomic E-state index is 0.143. The summed E-state index contributed by atoms with van der Waals surface area (Å²) in [5.41, 5.74) is 1.09. The first kappa shape index (κ1) is 14.8. The second-order valence-corrected chi connectivity index (χ2v) is 6.21. The summed E-state index contributed by atoms with van der Waals surface area (Å²) in [5.74, 6) is -0.225. The first-order valence-corrected chi connectivity index (χ1v) is 7.63. The first-order chi connectivity index (χ1) is 9.01. The highest BCUT2D eigenvalue weighted by Crippen LogP contribution is 2.47. The minimum atomic E-state index is -0.225. The third kappa shape index (κ3) is 2.79. The van der Waals surface area contributed by atoms with Crippen LogP contribution in [-0.2, 0) is 4.74 Å². The van der Waals surface area contributed by atoms with Gasteiger partial charge in [0.05, 0.1) is 6.10 Å². The number of ether oxygens (including phenoxy) is 1. The molecule has 106 valence electrons. The molecule has 1 aliphatic rings. The number of hydrogen-bond acceptors (Lipinski definition) is 2. The molecule has 0 aliphatic heterocycles. The molecule has 2 rings (SSSR count). The maximum Gasteiger partial charge on any atom is 0.124 e. The van der Waals surface area contributed by atoms with Crippen LogP contribution in [0.2, 0.25) is 0 Å². The molecule has 1 saturated carbocycles. The number of anilines is 1. The summed E-state index contributed by atoms with van der Waals surface area (Å²) >= 11 is 3.40. The van der Waals surface area contributed by atoms with Gasteiger partial charge in [0.2, 0.25) is 0 Å². The van der Waals surface area contributed by atoms with Gasteiger partial charge in [0.25, 0.3) is 0 Å². The summed E-state index contributed by atoms with van der Waals surface area (Å²) in [5, 5.41) is 3.51. The number of halogens is 2. The number of benzene rings is 1. The van der Waals surface area contributed by atoms with E-state index in [1.54, 1.807) is 6.07 Å². The van der Waals surface area contributed by atoms with Crippen LogP contribution in [0.15, 0.2) is 22.7 Å². The van der Waals surface area contributed by atoms with Gasteiger partial charge in [-0.25, -0.2) is 4.39 Å². The average Bonchev–Trinajstić information content (AvgIpc) is 2.39. The lowest BCUT2D eigenvalue weighted by molar-refractivity contribution is -0.109. The van der Waals surface area contributed by atoms with E-state index in [2.05, 4.69) is 35.1 Å². The molecule has 0 radical (unpaired) electrons. The van der Waals surface area contributed by atoms with Gasteiger partial charge < -0.3 is 10.1 Å². The molecular weight excluding hydrogens is 309 g/mol. The van der Waals surface area contributed by atoms with Crippen molar-refractivity contribution in [3.8, 4) is 0 Å². The fraction of sp³-hybridized carbons (Fsp3) is 0.600. The molecule has 0 bridgehead atoms. The highest BCUT2D eigenvalue weighted by molar-refractivity contribution is 9.10. The zero-order valence-corrected chi connectivity index (χ0v) is 13.3. The van der Waals surface area contributed by atoms with Gasteiger partial charge in [-0.1, -0.05) is 13.8 Å². The Kier molecular flexibility index (Phi) is 4.51. The molecule has 1 aliphatic carbocycles. The molecule has 1 aromatic rings. The summed E-state index contributed by atoms with van der Waals surface area (Å²) < 4.78 is 19.6. The predicted octanol–water partition coefficient (Wildman–Crippen LogP) is 4.59. The van der Waals surface area contributed by atoms with Crippen molar-refractivity contribution in [1.29, 1.82) is 0 Å². The summed E-state index contributed by atoms with van der Waals surface area (Å²) in [6, 6.07) is 5.12. The van der Waals surface area contributed by atoms with Crippen molar-refractivity contribution < 1.29 is 9.13 Å². The predicted molar refractivity (Wildman–Crippen MR) is 79.9 cm³/mol. The van der Waals surface area contributed by atoms with Crippen molar-refractivity contribution in [2.45, 2.75) is 45.8 Å². The van der Waals surface area contributed by atoms with E-state index in [-0.39, 0.29) is 11.2 Å². The Morgan fingerprint density at radius 1 is 1.47 bits per heavy atom. The quantitative estimate of drug-likeness (QED) is 0.852. The molecule has 0 aromatic heterocycles. The van der Waals surface area contributed by atoms with Crippen LogP contribution in [-0.4, -0.2) is 18.8 Å². The Hall–Kier alpha value is -0.610. The van der Waals surface area contributed by atoms with Crippen LogP contribution in [0.3, 0.4) is 0 Å². The fourth-order valence-corrected chi connectivity index (χ4v) is 3.23. The summed E-state index contributed by atoms with van der Waals surface area (Å²) in [6.45, 7) is 7.24. The van der Waals surface area contributed by atoms with Gasteiger partial charge in [-0.2, -0.15) is 0 Å². The van der Waals surface area contributed by atoms with Crippen LogP contribution >= 0.6 is 15.9 Å². The zero-order chi connectivity index (χ0) is 14.0. The molecule has 3 unspecified atom stereocenters. The highest BCUT2D eigenvalue weighted by Gasteiger charge is 2.51. The summed E-state index contributed by atoms with van der Waals surface area (Å²) in [7, 11) is 0. The van der Waals surface area contributed by atoms with E-state index in [0.717, 1.165) is 29.6 Å². The lowest BCUT2D eigenvalue weighted by Crippen LogP contribution is -2.59. The third-order valence-corrected chi connectivity index (χ3v) is 5.03. The van der Waals surface area contributed by atoms with E-state index in [1.807, 2.05) is 6.92 Å². The minimum Gasteiger partial charge on any atom is -0.381 e. The molecule has 1 aromatic carbocycles. The fourth-order valence-electron chi connectivity index (χ4n) is 2.77. The maximum absolute atomic E-state index is 13.1. The smallest absolute Gasteiger partial charge is 0.124 e. The Morgan fingerprint density at radius 3 is 2.79 bits per heavy atom. The van der Waals surface area contributed by atoms with Gasteiger partial charge in [-0.3, -0.25) is 0 Å². The van der Waals surface area contributed by atoms with Crippen molar-refractivity contribution in [3.63, 3.8) is 0 Å². The van der Waals surface area contributed by atoms with Crippen LogP contribution in [0.25, 0.3) is 0 Å². The van der Waals surface area contributed by atoms with Crippen LogP contribution in [0, 0.1) is 11.2 Å². The van der Waals surface area contributed by atoms with E-state index in [4.69, 9.17) is 4.74 Å². The molecule has 0 saturated heterocycles. The SMILES string of the molecule is CCOC1CC(Nc2ccc(F)cc2Br)C1(C)CC. The van der Waals surface area contributed by atoms with E-state index < -0.39 is 0 Å². The summed E-state index contributed by atoms with van der Waals surface area (Å²) in [4.78, 5) is 0. The molecule has 0 amide bonds. The van der Waals surface area contributed by atoms with Gasteiger partial charge in [0.15, 0.2) is 0 Å². The topological polar surface area (TPSA) is 21.3 Å². The average molecular weight is 330 g/mol. The second-order valence-electron chi connectivity index (χ2n) is 5.36. The molecular formula is C15H21BrFNO. The molecule has 1 fully saturated rings. The maximum atomic E-state index is 13.1. The number of nitrogens with one attached hydrogen (secondary N) is 1. The van der Waals surface area contributed by atoms with E-state index in [0.29, 0.717) is 12.1 Å². The largest absolute Gasteiger partial charge is 0.381 e. The number of rotatable bonds is 5. The zero-order valence-electron chi connectivity index (χ0n) is 11.7. The van der Waals surface area contributed by atoms with Gasteiger partial charge in [-0.15, -0.1) is 0 Å². The Balaban J connectivity index is 2.08. The van der Waals surface area contributed by atoms with Gasteiger partial charge in [0, 0.05) is 28.2 Å². The Labute approximate surface area is 122 Å². The van der Waals surface area contributed by atoms with Crippen molar-refractivity contribution in [3.05, 3.63) is 28.5 Å². The van der Waals surface area contributed by atoms with E-state index in [9.17, 15) is 4.39 Å². The van der Waals surface area contributed by atoms with Crippen molar-refractivity contribution in [2.24, 2.45) is 5.41 Å². The molecule has 3 atom stereocenters. The van der Waals surface area contributed by atoms with Crippen molar-refractivity contribution in [2.75, 3.05) is 11.9 Å². The van der Waals surface area contributed by atoms with Gasteiger partial charge >= 0.3 is 0 Å². The molecule has 19 heavy (non-hydrogen) atoms. The van der Waals surface area contributed by atoms with Gasteiger partial charge in [-0.05, 0) is 53.9 Å². The van der Waals surface area contributed by atoms with E-state index >= 15 is 0 Å². The summed E-state index contributed by atoms with van der Waals surface area (Å²) in [6.07, 6.45) is 2.38. The van der Waals surface area contributed by atoms with Crippen LogP contribution in [0.1, 0.15) is 33.6 Å². The monoisotopic (exact) mass is 329 g/mol. The normalized spacial score (nSPS) is 29.9. The molecule has 1 N–H and O–H groups in total. The second kappa shape index (κ2) is 5.80. The van der Waals surface area contributed by atoms with Crippen molar-refractivity contribution in [1.82, 2.24) is 0 Å². The molecule has 0 spiro atoms. The lowest BCUT2D eigenvalue weighted by atomic mass is 9.61. The Bertz CT molecular complexity index is 454. The van der Waals surface area contributed by atoms with Crippen LogP contribution in [0.5, 0.6) is 0 Å². The first-order valence-electron chi connectivity index (χ1n) is 6.84. The van der Waals surface area contributed by atoms with Crippen LogP contribution in [0.4, 0.5) is 10.1 Å². The van der Waals surface area contributed by atoms with E-state index in [1.165, 1.54) is 12.1 Å². The standard InChI is InChI=1S/C15H21BrFNO/c1-4-15(3)13(9-14(15)19-5-2)18-12-7-6-10(17)8-11(12)16/h6-8,13-14,18H,4-5,9H2,1-3H3. The molecule has 0 heterocycles. The molecule has 4 heteroatoms. The highest BCUT2D eigenvalue weighted by atomic mass is 79.9. The van der Waals surface area contributed by atoms with Gasteiger partial charge in [0.1, 0.15) is 5.82 Å².